The van der Waals surface area contributed by atoms with E-state index >= 15 is 0 Å². The molecule has 0 unspecified atom stereocenters. The van der Waals surface area contributed by atoms with Gasteiger partial charge in [-0.3, -0.25) is 4.79 Å². The van der Waals surface area contributed by atoms with Crippen molar-refractivity contribution in [2.24, 2.45) is 22.7 Å². The van der Waals surface area contributed by atoms with Gasteiger partial charge in [0.15, 0.2) is 0 Å². The minimum absolute atomic E-state index is 0.0884. The summed E-state index contributed by atoms with van der Waals surface area (Å²) < 4.78 is 5.73. The average Bonchev–Trinajstić information content (AvgIpc) is 2.32. The molecule has 0 radical (unpaired) electrons. The Hall–Kier alpha value is -0.860. The van der Waals surface area contributed by atoms with Gasteiger partial charge in [-0.2, -0.15) is 0 Å². The van der Waals surface area contributed by atoms with Gasteiger partial charge in [-0.1, -0.05) is 27.2 Å². The fourth-order valence-electron chi connectivity index (χ4n) is 5.67. The molecule has 0 saturated heterocycles. The van der Waals surface area contributed by atoms with Gasteiger partial charge in [0.05, 0.1) is 0 Å². The zero-order valence-electron chi connectivity index (χ0n) is 14.2. The van der Waals surface area contributed by atoms with Crippen LogP contribution in [0, 0.1) is 22.7 Å². The van der Waals surface area contributed by atoms with Gasteiger partial charge in [-0.25, -0.2) is 0 Å². The molecule has 0 aromatic rings. The van der Waals surface area contributed by atoms with Gasteiger partial charge in [-0.15, -0.1) is 0 Å². The van der Waals surface area contributed by atoms with Crippen LogP contribution >= 0.6 is 0 Å². The van der Waals surface area contributed by atoms with E-state index in [4.69, 9.17) is 4.74 Å². The maximum absolute atomic E-state index is 11.5. The predicted octanol–water partition coefficient (Wildman–Crippen LogP) is 4.14. The van der Waals surface area contributed by atoms with Crippen LogP contribution in [0.25, 0.3) is 0 Å². The van der Waals surface area contributed by atoms with Crippen molar-refractivity contribution in [3.63, 3.8) is 0 Å². The summed E-state index contributed by atoms with van der Waals surface area (Å²) in [6.45, 7) is 10.6. The number of ether oxygens (including phenoxy) is 1. The molecule has 2 aliphatic carbocycles. The highest BCUT2D eigenvalue weighted by Gasteiger charge is 2.59. The minimum atomic E-state index is -0.495. The lowest BCUT2D eigenvalue weighted by Crippen LogP contribution is -2.58. The summed E-state index contributed by atoms with van der Waals surface area (Å²) in [5.74, 6) is 0.502. The molecule has 3 nitrogen and oxygen atoms in total. The van der Waals surface area contributed by atoms with E-state index in [-0.39, 0.29) is 17.3 Å². The van der Waals surface area contributed by atoms with Crippen LogP contribution < -0.4 is 0 Å². The molecule has 3 heteroatoms. The number of carbonyl (C=O) groups is 2. The molecule has 120 valence electrons. The first kappa shape index (κ1) is 16.5. The SMILES string of the molecule is CC(=O)O[C@]1(C)CC[C@H]2C(C)(C)CCC[C@]2(C)[C@H]1CC=O. The summed E-state index contributed by atoms with van der Waals surface area (Å²) in [7, 11) is 0. The van der Waals surface area contributed by atoms with E-state index in [1.54, 1.807) is 0 Å². The quantitative estimate of drug-likeness (QED) is 0.580. The van der Waals surface area contributed by atoms with Crippen molar-refractivity contribution < 1.29 is 14.3 Å². The van der Waals surface area contributed by atoms with E-state index in [1.807, 2.05) is 6.92 Å². The molecule has 0 spiro atoms. The van der Waals surface area contributed by atoms with Crippen molar-refractivity contribution >= 4 is 12.3 Å². The Balaban J connectivity index is 2.40. The molecule has 0 aliphatic heterocycles. The van der Waals surface area contributed by atoms with Crippen LogP contribution in [0.5, 0.6) is 0 Å². The van der Waals surface area contributed by atoms with E-state index in [9.17, 15) is 9.59 Å². The zero-order chi connectivity index (χ0) is 15.9. The first-order chi connectivity index (χ1) is 9.66. The second-order valence-electron chi connectivity index (χ2n) is 8.30. The standard InChI is InChI=1S/C18H30O3/c1-13(20)21-18(5)11-7-14-16(2,3)9-6-10-17(14,4)15(18)8-12-19/h12,14-15H,6-11H2,1-5H3/t14-,15+,17-,18+/m0/s1. The molecule has 0 bridgehead atoms. The average molecular weight is 294 g/mol. The topological polar surface area (TPSA) is 43.4 Å². The summed E-state index contributed by atoms with van der Waals surface area (Å²) >= 11 is 0. The van der Waals surface area contributed by atoms with Crippen molar-refractivity contribution in [1.82, 2.24) is 0 Å². The molecule has 2 saturated carbocycles. The summed E-state index contributed by atoms with van der Waals surface area (Å²) in [6, 6.07) is 0. The molecule has 0 heterocycles. The zero-order valence-corrected chi connectivity index (χ0v) is 14.2. The lowest BCUT2D eigenvalue weighted by atomic mass is 9.45. The van der Waals surface area contributed by atoms with Gasteiger partial charge in [0.25, 0.3) is 0 Å². The largest absolute Gasteiger partial charge is 0.459 e. The number of fused-ring (bicyclic) bond motifs is 1. The number of rotatable bonds is 3. The van der Waals surface area contributed by atoms with E-state index < -0.39 is 5.60 Å². The van der Waals surface area contributed by atoms with Crippen LogP contribution in [0.4, 0.5) is 0 Å². The van der Waals surface area contributed by atoms with Crippen LogP contribution in [0.2, 0.25) is 0 Å². The number of aldehydes is 1. The maximum atomic E-state index is 11.5. The predicted molar refractivity (Wildman–Crippen MR) is 82.8 cm³/mol. The Morgan fingerprint density at radius 2 is 1.86 bits per heavy atom. The van der Waals surface area contributed by atoms with Crippen molar-refractivity contribution in [2.75, 3.05) is 0 Å². The molecule has 21 heavy (non-hydrogen) atoms. The highest BCUT2D eigenvalue weighted by molar-refractivity contribution is 5.66. The fourth-order valence-corrected chi connectivity index (χ4v) is 5.67. The summed E-state index contributed by atoms with van der Waals surface area (Å²) in [5, 5.41) is 0. The van der Waals surface area contributed by atoms with Crippen LogP contribution in [0.1, 0.15) is 73.1 Å². The Bertz CT molecular complexity index is 428. The highest BCUT2D eigenvalue weighted by Crippen LogP contribution is 2.63. The first-order valence-electron chi connectivity index (χ1n) is 8.29. The molecular weight excluding hydrogens is 264 g/mol. The molecule has 4 atom stereocenters. The summed E-state index contributed by atoms with van der Waals surface area (Å²) in [4.78, 5) is 22.8. The molecule has 2 fully saturated rings. The van der Waals surface area contributed by atoms with Gasteiger partial charge in [0.2, 0.25) is 0 Å². The Labute approximate surface area is 128 Å². The van der Waals surface area contributed by atoms with Crippen molar-refractivity contribution in [2.45, 2.75) is 78.7 Å². The number of hydrogen-bond donors (Lipinski definition) is 0. The van der Waals surface area contributed by atoms with Gasteiger partial charge < -0.3 is 9.53 Å². The maximum Gasteiger partial charge on any atom is 0.303 e. The third-order valence-corrected chi connectivity index (χ3v) is 6.45. The van der Waals surface area contributed by atoms with E-state index in [2.05, 4.69) is 20.8 Å². The van der Waals surface area contributed by atoms with Crippen LogP contribution in [0.3, 0.4) is 0 Å². The summed E-state index contributed by atoms with van der Waals surface area (Å²) in [5.41, 5.74) is -0.0950. The second-order valence-corrected chi connectivity index (χ2v) is 8.30. The molecular formula is C18H30O3. The van der Waals surface area contributed by atoms with Crippen LogP contribution in [-0.2, 0) is 14.3 Å². The third-order valence-electron chi connectivity index (χ3n) is 6.45. The minimum Gasteiger partial charge on any atom is -0.459 e. The van der Waals surface area contributed by atoms with Gasteiger partial charge in [-0.05, 0) is 49.4 Å². The molecule has 2 aliphatic rings. The fraction of sp³-hybridized carbons (Fsp3) is 0.889. The van der Waals surface area contributed by atoms with E-state index in [0.717, 1.165) is 25.5 Å². The number of esters is 1. The number of hydrogen-bond acceptors (Lipinski definition) is 3. The first-order valence-corrected chi connectivity index (χ1v) is 8.29. The monoisotopic (exact) mass is 294 g/mol. The molecule has 0 aromatic carbocycles. The van der Waals surface area contributed by atoms with Crippen molar-refractivity contribution in [3.8, 4) is 0 Å². The molecule has 0 aromatic heterocycles. The molecule has 2 rings (SSSR count). The van der Waals surface area contributed by atoms with Crippen LogP contribution in [0.15, 0.2) is 0 Å². The van der Waals surface area contributed by atoms with E-state index in [1.165, 1.54) is 19.8 Å². The normalized spacial score (nSPS) is 42.0. The smallest absolute Gasteiger partial charge is 0.303 e. The second kappa shape index (κ2) is 5.40. The molecule has 0 amide bonds. The van der Waals surface area contributed by atoms with Crippen molar-refractivity contribution in [1.29, 1.82) is 0 Å². The van der Waals surface area contributed by atoms with Crippen LogP contribution in [-0.4, -0.2) is 17.9 Å². The highest BCUT2D eigenvalue weighted by atomic mass is 16.6. The molecule has 0 N–H and O–H groups in total. The number of carbonyl (C=O) groups excluding carboxylic acids is 2. The lowest BCUT2D eigenvalue weighted by molar-refractivity contribution is -0.198. The van der Waals surface area contributed by atoms with Gasteiger partial charge >= 0.3 is 5.97 Å². The van der Waals surface area contributed by atoms with E-state index in [0.29, 0.717) is 17.8 Å². The Morgan fingerprint density at radius 1 is 1.19 bits per heavy atom. The Kier molecular flexibility index (Phi) is 4.25. The summed E-state index contributed by atoms with van der Waals surface area (Å²) in [6.07, 6.45) is 7.05. The van der Waals surface area contributed by atoms with Gasteiger partial charge in [0.1, 0.15) is 11.9 Å². The Morgan fingerprint density at radius 3 is 2.43 bits per heavy atom. The lowest BCUT2D eigenvalue weighted by Gasteiger charge is -2.61. The third kappa shape index (κ3) is 2.76. The van der Waals surface area contributed by atoms with Crippen molar-refractivity contribution in [3.05, 3.63) is 0 Å². The van der Waals surface area contributed by atoms with Gasteiger partial charge in [0, 0.05) is 19.3 Å².